The lowest BCUT2D eigenvalue weighted by atomic mass is 9.46. The minimum Gasteiger partial charge on any atom is -0.547 e. The highest BCUT2D eigenvalue weighted by Gasteiger charge is 2.62. The van der Waals surface area contributed by atoms with Crippen molar-refractivity contribution in [1.82, 2.24) is 0 Å². The molecule has 4 rings (SSSR count). The van der Waals surface area contributed by atoms with Gasteiger partial charge >= 0.3 is 5.97 Å². The number of hydrogen-bond acceptors (Lipinski definition) is 4. The second-order valence-corrected chi connectivity index (χ2v) is 24.5. The second-order valence-electron chi connectivity index (χ2n) is 15.6. The molecule has 0 aromatic rings. The molecule has 0 spiro atoms. The summed E-state index contributed by atoms with van der Waals surface area (Å²) in [5, 5.41) is 0. The third-order valence-corrected chi connectivity index (χ3v) is 12.8. The Morgan fingerprint density at radius 3 is 2.24 bits per heavy atom. The predicted octanol–water partition coefficient (Wildman–Crippen LogP) is 8.41. The van der Waals surface area contributed by atoms with E-state index in [9.17, 15) is 4.79 Å². The van der Waals surface area contributed by atoms with Crippen LogP contribution in [0.5, 0.6) is 0 Å². The molecule has 4 nitrogen and oxygen atoms in total. The predicted molar refractivity (Wildman–Crippen MR) is 157 cm³/mol. The van der Waals surface area contributed by atoms with Gasteiger partial charge in [0.15, 0.2) is 8.32 Å². The van der Waals surface area contributed by atoms with Crippen LogP contribution in [-0.2, 0) is 18.4 Å². The van der Waals surface area contributed by atoms with E-state index in [1.165, 1.54) is 51.4 Å². The summed E-state index contributed by atoms with van der Waals surface area (Å²) in [6.45, 7) is 21.7. The van der Waals surface area contributed by atoms with Crippen LogP contribution in [0.25, 0.3) is 0 Å². The van der Waals surface area contributed by atoms with E-state index in [1.807, 2.05) is 0 Å². The first-order chi connectivity index (χ1) is 17.1. The number of ether oxygens (including phenoxy) is 1. The number of methoxy groups -OCH3 is 1. The van der Waals surface area contributed by atoms with E-state index in [2.05, 4.69) is 66.1 Å². The average Bonchev–Trinajstić information content (AvgIpc) is 3.13. The van der Waals surface area contributed by atoms with Crippen molar-refractivity contribution in [1.29, 1.82) is 0 Å². The Balaban J connectivity index is 1.63. The van der Waals surface area contributed by atoms with Crippen molar-refractivity contribution in [2.24, 2.45) is 46.3 Å². The quantitative estimate of drug-likeness (QED) is 0.226. The minimum atomic E-state index is -1.74. The molecule has 0 aliphatic heterocycles. The average molecular weight is 549 g/mol. The van der Waals surface area contributed by atoms with E-state index in [-0.39, 0.29) is 5.97 Å². The van der Waals surface area contributed by atoms with Gasteiger partial charge in [-0.3, -0.25) is 4.79 Å². The molecule has 0 radical (unpaired) electrons. The molecule has 0 saturated heterocycles. The molecule has 3 fully saturated rings. The zero-order valence-corrected chi connectivity index (χ0v) is 27.6. The number of esters is 1. The van der Waals surface area contributed by atoms with Crippen LogP contribution in [-0.4, -0.2) is 35.8 Å². The maximum Gasteiger partial charge on any atom is 0.305 e. The summed E-state index contributed by atoms with van der Waals surface area (Å²) < 4.78 is 18.6. The van der Waals surface area contributed by atoms with E-state index >= 15 is 0 Å². The van der Waals surface area contributed by atoms with Crippen LogP contribution in [0.1, 0.15) is 78.6 Å². The monoisotopic (exact) mass is 548 g/mol. The fourth-order valence-corrected chi connectivity index (χ4v) is 11.4. The van der Waals surface area contributed by atoms with Crippen molar-refractivity contribution in [2.75, 3.05) is 7.11 Å². The molecule has 1 unspecified atom stereocenters. The minimum absolute atomic E-state index is 0.0658. The molecule has 212 valence electrons. The molecule has 37 heavy (non-hydrogen) atoms. The zero-order chi connectivity index (χ0) is 27.4. The lowest BCUT2D eigenvalue weighted by molar-refractivity contribution is -0.141. The zero-order valence-electron chi connectivity index (χ0n) is 25.6. The third kappa shape index (κ3) is 5.96. The van der Waals surface area contributed by atoms with Crippen molar-refractivity contribution in [3.05, 3.63) is 11.8 Å². The smallest absolute Gasteiger partial charge is 0.305 e. The SMILES string of the molecule is COC(=O)CC[C@@H](C)[C@H]1CC[C@H]2C3C(O[Si](C)(C)C)=C[C@@H]4C[C@H](O[Si](C)(C)C)CC[C@]4(C)[C@H]3CC[C@]12C. The van der Waals surface area contributed by atoms with Gasteiger partial charge in [0.25, 0.3) is 0 Å². The standard InChI is InChI=1S/C31H56O4Si2/c1-21(11-14-28(32)33-4)24-12-13-25-29-26(16-18-31(24,25)3)30(2)17-15-23(34-36(5,6)7)19-22(30)20-27(29)35-37(8,9)10/h20-26,29H,11-19H2,1-10H3/t21-,22+,23-,24-,25+,26+,29?,30+,31-/m1/s1. The summed E-state index contributed by atoms with van der Waals surface area (Å²) in [6, 6.07) is 0. The lowest BCUT2D eigenvalue weighted by Gasteiger charge is -2.60. The largest absolute Gasteiger partial charge is 0.547 e. The van der Waals surface area contributed by atoms with Crippen LogP contribution < -0.4 is 0 Å². The summed E-state index contributed by atoms with van der Waals surface area (Å²) in [5.41, 5.74) is 0.687. The van der Waals surface area contributed by atoms with Crippen LogP contribution in [0, 0.1) is 46.3 Å². The Labute approximate surface area is 229 Å². The Bertz CT molecular complexity index is 873. The maximum atomic E-state index is 11.9. The van der Waals surface area contributed by atoms with Crippen molar-refractivity contribution >= 4 is 22.6 Å². The summed E-state index contributed by atoms with van der Waals surface area (Å²) in [4.78, 5) is 11.9. The van der Waals surface area contributed by atoms with E-state index in [0.717, 1.165) is 12.8 Å². The topological polar surface area (TPSA) is 44.8 Å². The molecule has 0 N–H and O–H groups in total. The fourth-order valence-electron chi connectivity index (χ4n) is 9.32. The molecular weight excluding hydrogens is 493 g/mol. The molecule has 4 aliphatic rings. The third-order valence-electron chi connectivity index (χ3n) is 10.9. The van der Waals surface area contributed by atoms with E-state index in [1.54, 1.807) is 0 Å². The summed E-state index contributed by atoms with van der Waals surface area (Å²) in [5.74, 6) is 5.05. The molecule has 0 aromatic carbocycles. The molecule has 0 heterocycles. The van der Waals surface area contributed by atoms with Crippen LogP contribution in [0.15, 0.2) is 11.8 Å². The molecule has 6 heteroatoms. The molecule has 4 aliphatic carbocycles. The molecule has 3 saturated carbocycles. The van der Waals surface area contributed by atoms with E-state index in [4.69, 9.17) is 13.6 Å². The lowest BCUT2D eigenvalue weighted by Crippen LogP contribution is -2.55. The van der Waals surface area contributed by atoms with Crippen LogP contribution in [0.4, 0.5) is 0 Å². The maximum absolute atomic E-state index is 11.9. The number of carbonyl (C=O) groups excluding carboxylic acids is 1. The Morgan fingerprint density at radius 1 is 0.973 bits per heavy atom. The van der Waals surface area contributed by atoms with Gasteiger partial charge in [-0.05, 0) is 137 Å². The van der Waals surface area contributed by atoms with Crippen molar-refractivity contribution in [2.45, 2.75) is 124 Å². The van der Waals surface area contributed by atoms with Crippen LogP contribution in [0.2, 0.25) is 39.3 Å². The van der Waals surface area contributed by atoms with Crippen LogP contribution >= 0.6 is 0 Å². The van der Waals surface area contributed by atoms with Gasteiger partial charge in [0.2, 0.25) is 8.32 Å². The number of carbonyl (C=O) groups is 1. The van der Waals surface area contributed by atoms with Crippen molar-refractivity contribution < 1.29 is 18.4 Å². The first-order valence-corrected chi connectivity index (χ1v) is 22.0. The Morgan fingerprint density at radius 2 is 1.62 bits per heavy atom. The van der Waals surface area contributed by atoms with E-state index in [0.29, 0.717) is 58.9 Å². The summed E-state index contributed by atoms with van der Waals surface area (Å²) in [6.07, 6.45) is 13.4. The highest BCUT2D eigenvalue weighted by molar-refractivity contribution is 6.70. The Kier molecular flexibility index (Phi) is 8.28. The van der Waals surface area contributed by atoms with Gasteiger partial charge in [0.1, 0.15) is 0 Å². The normalized spacial score (nSPS) is 40.6. The van der Waals surface area contributed by atoms with E-state index < -0.39 is 16.6 Å². The molecule has 0 amide bonds. The molecule has 9 atom stereocenters. The Hall–Kier alpha value is -0.596. The van der Waals surface area contributed by atoms with Gasteiger partial charge in [0, 0.05) is 18.4 Å². The van der Waals surface area contributed by atoms with Gasteiger partial charge in [-0.25, -0.2) is 0 Å². The van der Waals surface area contributed by atoms with Crippen LogP contribution in [0.3, 0.4) is 0 Å². The molecular formula is C31H56O4Si2. The first-order valence-electron chi connectivity index (χ1n) is 15.2. The van der Waals surface area contributed by atoms with Gasteiger partial charge in [-0.2, -0.15) is 0 Å². The number of rotatable bonds is 8. The highest BCUT2D eigenvalue weighted by Crippen LogP contribution is 2.68. The number of hydrogen-bond donors (Lipinski definition) is 0. The molecule has 0 bridgehead atoms. The first kappa shape index (κ1) is 29.4. The van der Waals surface area contributed by atoms with Gasteiger partial charge in [-0.15, -0.1) is 0 Å². The summed E-state index contributed by atoms with van der Waals surface area (Å²) in [7, 11) is -1.78. The number of allylic oxidation sites excluding steroid dienone is 2. The second kappa shape index (κ2) is 10.4. The van der Waals surface area contributed by atoms with Gasteiger partial charge in [-0.1, -0.05) is 20.8 Å². The fraction of sp³-hybridized carbons (Fsp3) is 0.903. The summed E-state index contributed by atoms with van der Waals surface area (Å²) >= 11 is 0. The molecule has 0 aromatic heterocycles. The van der Waals surface area contributed by atoms with Crippen molar-refractivity contribution in [3.63, 3.8) is 0 Å². The van der Waals surface area contributed by atoms with Gasteiger partial charge in [0.05, 0.1) is 12.9 Å². The highest BCUT2D eigenvalue weighted by atomic mass is 28.4. The van der Waals surface area contributed by atoms with Crippen molar-refractivity contribution in [3.8, 4) is 0 Å². The number of fused-ring (bicyclic) bond motifs is 5. The van der Waals surface area contributed by atoms with Gasteiger partial charge < -0.3 is 13.6 Å².